The second kappa shape index (κ2) is 10.4. The molecule has 0 saturated carbocycles. The average molecular weight is 421 g/mol. The van der Waals surface area contributed by atoms with Crippen molar-refractivity contribution < 1.29 is 4.79 Å². The number of nitrogens with zero attached hydrogens (tertiary/aromatic N) is 4. The number of likely N-dealkylation sites (tertiary alicyclic amines) is 1. The molecule has 2 saturated heterocycles. The van der Waals surface area contributed by atoms with E-state index in [0.717, 1.165) is 49.4 Å². The molecule has 0 amide bonds. The van der Waals surface area contributed by atoms with Gasteiger partial charge in [0, 0.05) is 38.3 Å². The van der Waals surface area contributed by atoms with Crippen LogP contribution in [0.4, 0.5) is 5.82 Å². The van der Waals surface area contributed by atoms with Crippen LogP contribution in [-0.4, -0.2) is 72.4 Å². The Balaban J connectivity index is 1.41. The van der Waals surface area contributed by atoms with Gasteiger partial charge in [0.1, 0.15) is 12.1 Å². The number of pyridine rings is 1. The van der Waals surface area contributed by atoms with Crippen molar-refractivity contribution in [3.8, 4) is 0 Å². The van der Waals surface area contributed by atoms with E-state index in [2.05, 4.69) is 34.6 Å². The second-order valence-corrected chi connectivity index (χ2v) is 9.18. The van der Waals surface area contributed by atoms with Crippen molar-refractivity contribution in [2.24, 2.45) is 0 Å². The molecule has 1 atom stereocenters. The fourth-order valence-corrected chi connectivity index (χ4v) is 5.07. The zero-order valence-electron chi connectivity index (χ0n) is 19.0. The van der Waals surface area contributed by atoms with Crippen molar-refractivity contribution in [1.29, 1.82) is 0 Å². The Morgan fingerprint density at radius 2 is 1.68 bits per heavy atom. The summed E-state index contributed by atoms with van der Waals surface area (Å²) in [6.07, 6.45) is 4.73. The number of aldehydes is 1. The highest BCUT2D eigenvalue weighted by Crippen LogP contribution is 2.25. The maximum Gasteiger partial charge on any atom is 0.133 e. The first-order chi connectivity index (χ1) is 15.2. The van der Waals surface area contributed by atoms with E-state index in [4.69, 9.17) is 4.98 Å². The van der Waals surface area contributed by atoms with E-state index in [-0.39, 0.29) is 5.92 Å². The van der Waals surface area contributed by atoms with Crippen molar-refractivity contribution in [2.75, 3.05) is 44.2 Å². The van der Waals surface area contributed by atoms with Gasteiger partial charge in [0.25, 0.3) is 0 Å². The number of carbonyl (C=O) groups is 1. The van der Waals surface area contributed by atoms with Crippen LogP contribution in [0.1, 0.15) is 50.3 Å². The molecular formula is C26H36N4O. The lowest BCUT2D eigenvalue weighted by atomic mass is 9.97. The first kappa shape index (κ1) is 22.0. The Kier molecular flexibility index (Phi) is 7.36. The van der Waals surface area contributed by atoms with Gasteiger partial charge in [-0.25, -0.2) is 4.98 Å². The summed E-state index contributed by atoms with van der Waals surface area (Å²) in [5.41, 5.74) is 1.83. The molecule has 2 aromatic rings. The van der Waals surface area contributed by atoms with Crippen LogP contribution in [0.3, 0.4) is 0 Å². The Labute approximate surface area is 187 Å². The fraction of sp³-hybridized carbons (Fsp3) is 0.538. The summed E-state index contributed by atoms with van der Waals surface area (Å²) in [6, 6.07) is 17.4. The summed E-state index contributed by atoms with van der Waals surface area (Å²) in [5, 5.41) is 0. The zero-order chi connectivity index (χ0) is 21.6. The van der Waals surface area contributed by atoms with Crippen molar-refractivity contribution in [3.05, 3.63) is 59.8 Å². The molecule has 3 heterocycles. The van der Waals surface area contributed by atoms with Crippen LogP contribution in [0.2, 0.25) is 0 Å². The fourth-order valence-electron chi connectivity index (χ4n) is 5.07. The Bertz CT molecular complexity index is 832. The molecule has 4 rings (SSSR count). The van der Waals surface area contributed by atoms with Gasteiger partial charge in [-0.3, -0.25) is 4.90 Å². The van der Waals surface area contributed by atoms with Gasteiger partial charge in [0.15, 0.2) is 0 Å². The molecule has 2 aliphatic heterocycles. The third-order valence-electron chi connectivity index (χ3n) is 6.97. The lowest BCUT2D eigenvalue weighted by Gasteiger charge is -2.39. The summed E-state index contributed by atoms with van der Waals surface area (Å²) in [7, 11) is 0. The molecule has 2 aliphatic rings. The van der Waals surface area contributed by atoms with Gasteiger partial charge in [-0.05, 0) is 63.9 Å². The third kappa shape index (κ3) is 5.34. The van der Waals surface area contributed by atoms with Crippen LogP contribution in [0.5, 0.6) is 0 Å². The van der Waals surface area contributed by atoms with Crippen LogP contribution in [0.15, 0.2) is 48.5 Å². The van der Waals surface area contributed by atoms with Gasteiger partial charge >= 0.3 is 0 Å². The molecular weight excluding hydrogens is 384 g/mol. The zero-order valence-corrected chi connectivity index (χ0v) is 19.0. The summed E-state index contributed by atoms with van der Waals surface area (Å²) in [4.78, 5) is 24.5. The molecule has 1 aromatic carbocycles. The molecule has 166 valence electrons. The molecule has 0 spiro atoms. The van der Waals surface area contributed by atoms with Crippen LogP contribution in [-0.2, 0) is 4.79 Å². The number of hydrogen-bond acceptors (Lipinski definition) is 5. The highest BCUT2D eigenvalue weighted by Gasteiger charge is 2.27. The van der Waals surface area contributed by atoms with Gasteiger partial charge in [-0.15, -0.1) is 0 Å². The van der Waals surface area contributed by atoms with E-state index < -0.39 is 0 Å². The predicted molar refractivity (Wildman–Crippen MR) is 127 cm³/mol. The van der Waals surface area contributed by atoms with Gasteiger partial charge in [-0.2, -0.15) is 0 Å². The van der Waals surface area contributed by atoms with E-state index in [1.807, 2.05) is 42.5 Å². The molecule has 0 aliphatic carbocycles. The van der Waals surface area contributed by atoms with Crippen LogP contribution in [0.25, 0.3) is 0 Å². The standard InChI is InChI=1S/C26H36N4O/c1-21(2)28-16-12-23(13-17-28)29-14-7-15-30(19-18-29)26-11-6-10-25(27-26)24(20-31)22-8-4-3-5-9-22/h3-6,8-11,20-21,23-24H,7,12-19H2,1-2H3. The van der Waals surface area contributed by atoms with Crippen LogP contribution >= 0.6 is 0 Å². The number of benzene rings is 1. The van der Waals surface area contributed by atoms with Crippen LogP contribution < -0.4 is 4.90 Å². The van der Waals surface area contributed by atoms with Crippen molar-refractivity contribution in [2.45, 2.75) is 51.1 Å². The molecule has 1 aromatic heterocycles. The quantitative estimate of drug-likeness (QED) is 0.665. The smallest absolute Gasteiger partial charge is 0.133 e. The molecule has 5 heteroatoms. The number of piperidine rings is 1. The normalized spacial score (nSPS) is 20.5. The topological polar surface area (TPSA) is 39.7 Å². The number of carbonyl (C=O) groups excluding carboxylic acids is 1. The Morgan fingerprint density at radius 3 is 2.39 bits per heavy atom. The highest BCUT2D eigenvalue weighted by atomic mass is 16.1. The van der Waals surface area contributed by atoms with Gasteiger partial charge in [0.05, 0.1) is 11.6 Å². The van der Waals surface area contributed by atoms with E-state index >= 15 is 0 Å². The summed E-state index contributed by atoms with van der Waals surface area (Å²) >= 11 is 0. The van der Waals surface area contributed by atoms with Crippen molar-refractivity contribution in [3.63, 3.8) is 0 Å². The minimum Gasteiger partial charge on any atom is -0.355 e. The molecule has 5 nitrogen and oxygen atoms in total. The number of rotatable bonds is 6. The minimum absolute atomic E-state index is 0.309. The monoisotopic (exact) mass is 420 g/mol. The number of hydrogen-bond donors (Lipinski definition) is 0. The summed E-state index contributed by atoms with van der Waals surface area (Å²) < 4.78 is 0. The summed E-state index contributed by atoms with van der Waals surface area (Å²) in [6.45, 7) is 11.3. The predicted octanol–water partition coefficient (Wildman–Crippen LogP) is 3.80. The SMILES string of the molecule is CC(C)N1CCC(N2CCCN(c3cccc(C(C=O)c4ccccc4)n3)CC2)CC1. The van der Waals surface area contributed by atoms with E-state index in [9.17, 15) is 4.79 Å². The largest absolute Gasteiger partial charge is 0.355 e. The van der Waals surface area contributed by atoms with E-state index in [0.29, 0.717) is 12.1 Å². The Morgan fingerprint density at radius 1 is 0.903 bits per heavy atom. The van der Waals surface area contributed by atoms with Crippen molar-refractivity contribution in [1.82, 2.24) is 14.8 Å². The number of anilines is 1. The molecule has 0 radical (unpaired) electrons. The maximum absolute atomic E-state index is 11.9. The average Bonchev–Trinajstić information content (AvgIpc) is 3.07. The first-order valence-corrected chi connectivity index (χ1v) is 11.9. The highest BCUT2D eigenvalue weighted by molar-refractivity contribution is 5.67. The second-order valence-electron chi connectivity index (χ2n) is 9.18. The third-order valence-corrected chi connectivity index (χ3v) is 6.97. The lowest BCUT2D eigenvalue weighted by Crippen LogP contribution is -2.47. The molecule has 0 bridgehead atoms. The van der Waals surface area contributed by atoms with Gasteiger partial charge in [-0.1, -0.05) is 36.4 Å². The lowest BCUT2D eigenvalue weighted by molar-refractivity contribution is -0.108. The minimum atomic E-state index is -0.309. The first-order valence-electron chi connectivity index (χ1n) is 11.9. The molecule has 2 fully saturated rings. The maximum atomic E-state index is 11.9. The van der Waals surface area contributed by atoms with Gasteiger partial charge < -0.3 is 14.6 Å². The van der Waals surface area contributed by atoms with Crippen LogP contribution in [0, 0.1) is 0 Å². The molecule has 1 unspecified atom stereocenters. The summed E-state index contributed by atoms with van der Waals surface area (Å²) in [5.74, 6) is 0.688. The van der Waals surface area contributed by atoms with Gasteiger partial charge in [0.2, 0.25) is 0 Å². The van der Waals surface area contributed by atoms with E-state index in [1.54, 1.807) is 0 Å². The molecule has 0 N–H and O–H groups in total. The van der Waals surface area contributed by atoms with E-state index in [1.165, 1.54) is 32.5 Å². The number of aromatic nitrogens is 1. The van der Waals surface area contributed by atoms with Crippen molar-refractivity contribution >= 4 is 12.1 Å². The molecule has 31 heavy (non-hydrogen) atoms. The Hall–Kier alpha value is -2.24.